The van der Waals surface area contributed by atoms with Crippen LogP contribution in [0, 0.1) is 34.1 Å². The molecule has 1 aliphatic heterocycles. The molecule has 3 rings (SSSR count). The summed E-state index contributed by atoms with van der Waals surface area (Å²) in [5, 5.41) is 42.3. The monoisotopic (exact) mass is 628 g/mol. The van der Waals surface area contributed by atoms with Crippen molar-refractivity contribution in [3.63, 3.8) is 0 Å². The zero-order chi connectivity index (χ0) is 28.5. The van der Waals surface area contributed by atoms with E-state index in [1.165, 1.54) is 19.5 Å². The lowest BCUT2D eigenvalue weighted by atomic mass is 9.98. The quantitative estimate of drug-likeness (QED) is 0.0600. The molecule has 0 saturated carbocycles. The zero-order valence-corrected chi connectivity index (χ0v) is 24.6. The van der Waals surface area contributed by atoms with Crippen molar-refractivity contribution < 1.29 is 73.0 Å². The highest BCUT2D eigenvalue weighted by atomic mass is 35.5. The van der Waals surface area contributed by atoms with E-state index in [1.807, 2.05) is 0 Å². The predicted octanol–water partition coefficient (Wildman–Crippen LogP) is -5.89. The average Bonchev–Trinajstić information content (AvgIpc) is 3.47. The van der Waals surface area contributed by atoms with Crippen molar-refractivity contribution in [1.82, 2.24) is 9.97 Å². The summed E-state index contributed by atoms with van der Waals surface area (Å²) in [6.07, 6.45) is 1.05. The molecule has 1 saturated heterocycles. The summed E-state index contributed by atoms with van der Waals surface area (Å²) >= 11 is 0. The Kier molecular flexibility index (Phi) is 15.6. The van der Waals surface area contributed by atoms with E-state index in [-0.39, 0.29) is 43.1 Å². The fourth-order valence-corrected chi connectivity index (χ4v) is 4.52. The minimum atomic E-state index is -1.14. The smallest absolute Gasteiger partial charge is 0.363 e. The molecule has 0 bridgehead atoms. The predicted molar refractivity (Wildman–Crippen MR) is 131 cm³/mol. The van der Waals surface area contributed by atoms with Gasteiger partial charge < -0.3 is 74.2 Å². The van der Waals surface area contributed by atoms with Gasteiger partial charge in [-0.3, -0.25) is 0 Å². The molecule has 3 heterocycles. The number of nitrogens with zero attached hydrogens (tertiary/aromatic N) is 4. The molecule has 0 spiro atoms. The molecule has 0 aromatic carbocycles. The van der Waals surface area contributed by atoms with Crippen LogP contribution in [-0.4, -0.2) is 87.7 Å². The lowest BCUT2D eigenvalue weighted by molar-refractivity contribution is -0.703. The van der Waals surface area contributed by atoms with Gasteiger partial charge in [0.15, 0.2) is 18.7 Å². The summed E-state index contributed by atoms with van der Waals surface area (Å²) in [5.74, 6) is 1.21. The second-order valence-corrected chi connectivity index (χ2v) is 9.39. The second kappa shape index (κ2) is 17.5. The van der Waals surface area contributed by atoms with E-state index in [1.54, 1.807) is 23.0 Å². The molecule has 18 heteroatoms. The maximum atomic E-state index is 10.9. The van der Waals surface area contributed by atoms with Crippen molar-refractivity contribution in [3.05, 3.63) is 44.3 Å². The number of aromatic amines is 2. The molecule has 41 heavy (non-hydrogen) atoms. The third-order valence-electron chi connectivity index (χ3n) is 6.67. The zero-order valence-electron chi connectivity index (χ0n) is 23.1. The molecule has 16 nitrogen and oxygen atoms in total. The number of rotatable bonds is 16. The third kappa shape index (κ3) is 9.82. The minimum absolute atomic E-state index is 0. The van der Waals surface area contributed by atoms with Gasteiger partial charge in [0.25, 0.3) is 11.6 Å². The number of aliphatic hydroxyl groups is 2. The van der Waals surface area contributed by atoms with Gasteiger partial charge in [-0.15, -0.1) is 0 Å². The summed E-state index contributed by atoms with van der Waals surface area (Å²) in [5.41, 5.74) is 0. The Labute approximate surface area is 249 Å². The molecular formula is C23H38Cl2N6O10. The number of hydrogen-bond acceptors (Lipinski definition) is 10. The van der Waals surface area contributed by atoms with Crippen molar-refractivity contribution in [1.29, 1.82) is 0 Å². The van der Waals surface area contributed by atoms with E-state index < -0.39 is 47.2 Å². The Bertz CT molecular complexity index is 1100. The van der Waals surface area contributed by atoms with Crippen LogP contribution in [0.3, 0.4) is 0 Å². The third-order valence-corrected chi connectivity index (χ3v) is 6.67. The number of nitrogens with one attached hydrogen (secondary N) is 2. The largest absolute Gasteiger partial charge is 1.00 e. The summed E-state index contributed by atoms with van der Waals surface area (Å²) < 4.78 is 26.7. The standard InChI is InChI=1S/C23H36N6O10.2ClH/c1-15-24-18(28(32)33)12-26(15)8-4-6-10-37-21-20(31)17(14-30)39-23(36-3)22(21)38-11-7-5-9-27-13-19(29(34)35)25-16(27)2;;/h12-13,17,20-23,30-31H,4-11,14H2,1-3H3;2*1H/t17-,20-,21+,22-,23+;;/m1../s1. The molecule has 1 fully saturated rings. The first-order valence-corrected chi connectivity index (χ1v) is 12.8. The van der Waals surface area contributed by atoms with Gasteiger partial charge in [-0.2, -0.15) is 0 Å². The first kappa shape index (κ1) is 36.6. The van der Waals surface area contributed by atoms with Crippen molar-refractivity contribution in [2.45, 2.75) is 83.3 Å². The second-order valence-electron chi connectivity index (χ2n) is 9.39. The number of aryl methyl sites for hydroxylation is 4. The summed E-state index contributed by atoms with van der Waals surface area (Å²) in [6, 6.07) is 0. The van der Waals surface area contributed by atoms with E-state index >= 15 is 0 Å². The van der Waals surface area contributed by atoms with Crippen molar-refractivity contribution in [2.75, 3.05) is 26.9 Å². The molecule has 5 atom stereocenters. The number of aromatic nitrogens is 4. The molecule has 4 N–H and O–H groups in total. The van der Waals surface area contributed by atoms with E-state index in [0.29, 0.717) is 57.0 Å². The fraction of sp³-hybridized carbons (Fsp3) is 0.739. The lowest BCUT2D eigenvalue weighted by Crippen LogP contribution is -3.00. The molecule has 0 aliphatic carbocycles. The number of aliphatic hydroxyl groups excluding tert-OH is 2. The number of halogens is 2. The molecule has 2 aromatic heterocycles. The fourth-order valence-electron chi connectivity index (χ4n) is 4.52. The normalized spacial score (nSPS) is 22.1. The van der Waals surface area contributed by atoms with Crippen LogP contribution < -0.4 is 33.9 Å². The molecule has 2 aromatic rings. The Balaban J connectivity index is 0.00000420. The lowest BCUT2D eigenvalue weighted by Gasteiger charge is -2.43. The number of methoxy groups -OCH3 is 1. The maximum absolute atomic E-state index is 10.9. The van der Waals surface area contributed by atoms with Gasteiger partial charge >= 0.3 is 11.6 Å². The number of imidazole rings is 2. The highest BCUT2D eigenvalue weighted by molar-refractivity contribution is 5.10. The van der Waals surface area contributed by atoms with Crippen molar-refractivity contribution >= 4 is 11.6 Å². The van der Waals surface area contributed by atoms with Crippen molar-refractivity contribution in [3.8, 4) is 0 Å². The summed E-state index contributed by atoms with van der Waals surface area (Å²) in [4.78, 5) is 26.4. The van der Waals surface area contributed by atoms with Gasteiger partial charge in [0.1, 0.15) is 24.4 Å². The molecule has 0 radical (unpaired) electrons. The van der Waals surface area contributed by atoms with Gasteiger partial charge in [0, 0.05) is 34.2 Å². The maximum Gasteiger partial charge on any atom is 0.363 e. The highest BCUT2D eigenvalue weighted by Crippen LogP contribution is 2.27. The van der Waals surface area contributed by atoms with Crippen LogP contribution in [0.1, 0.15) is 37.3 Å². The average molecular weight is 629 g/mol. The first-order chi connectivity index (χ1) is 18.7. The van der Waals surface area contributed by atoms with Crippen LogP contribution in [0.5, 0.6) is 0 Å². The van der Waals surface area contributed by atoms with Gasteiger partial charge in [-0.05, 0) is 35.5 Å². The number of nitro groups is 2. The summed E-state index contributed by atoms with van der Waals surface area (Å²) in [7, 11) is 1.44. The van der Waals surface area contributed by atoms with Gasteiger partial charge in [0.2, 0.25) is 0 Å². The van der Waals surface area contributed by atoms with Crippen LogP contribution >= 0.6 is 0 Å². The van der Waals surface area contributed by atoms with Gasteiger partial charge in [-0.1, -0.05) is 0 Å². The number of unbranched alkanes of at least 4 members (excludes halogenated alkanes) is 2. The SMILES string of the molecule is CO[C@H]1O[C@H](CO)[C@@H](O)[C@H](OCCCC[n+]2cc([N+](=O)[O-])[nH]c2C)[C@H]1OCCCC[n+]1cc([N+](=O)[O-])[nH]c1C.[Cl-].[Cl-]. The number of H-pyrrole nitrogens is 2. The van der Waals surface area contributed by atoms with Crippen LogP contribution in [0.15, 0.2) is 12.4 Å². The van der Waals surface area contributed by atoms with Gasteiger partial charge in [-0.25, -0.2) is 19.1 Å². The van der Waals surface area contributed by atoms with E-state index in [2.05, 4.69) is 9.97 Å². The Morgan fingerprint density at radius 3 is 1.76 bits per heavy atom. The van der Waals surface area contributed by atoms with Crippen molar-refractivity contribution in [2.24, 2.45) is 0 Å². The number of ether oxygens (including phenoxy) is 4. The minimum Gasteiger partial charge on any atom is -1.00 e. The van der Waals surface area contributed by atoms with Gasteiger partial charge in [0.05, 0.1) is 19.7 Å². The summed E-state index contributed by atoms with van der Waals surface area (Å²) in [6.45, 7) is 4.79. The molecule has 0 amide bonds. The Morgan fingerprint density at radius 1 is 0.902 bits per heavy atom. The molecule has 1 aliphatic rings. The number of hydrogen-bond donors (Lipinski definition) is 4. The Morgan fingerprint density at radius 2 is 1.37 bits per heavy atom. The van der Waals surface area contributed by atoms with E-state index in [4.69, 9.17) is 18.9 Å². The van der Waals surface area contributed by atoms with Crippen LogP contribution in [0.4, 0.5) is 11.6 Å². The molecule has 234 valence electrons. The van der Waals surface area contributed by atoms with Crippen LogP contribution in [0.2, 0.25) is 0 Å². The highest BCUT2D eigenvalue weighted by Gasteiger charge is 2.46. The molecule has 0 unspecified atom stereocenters. The first-order valence-electron chi connectivity index (χ1n) is 12.8. The van der Waals surface area contributed by atoms with Crippen LogP contribution in [0.25, 0.3) is 0 Å². The van der Waals surface area contributed by atoms with Crippen LogP contribution in [-0.2, 0) is 32.0 Å². The van der Waals surface area contributed by atoms with E-state index in [9.17, 15) is 30.4 Å². The topological polar surface area (TPSA) is 203 Å². The Hall–Kier alpha value is -2.44. The van der Waals surface area contributed by atoms with E-state index in [0.717, 1.165) is 0 Å². The molecular weight excluding hydrogens is 591 g/mol.